The molecule has 1 aliphatic rings. The minimum absolute atomic E-state index is 0.140. The normalized spacial score (nSPS) is 16.8. The van der Waals surface area contributed by atoms with Gasteiger partial charge in [-0.2, -0.15) is 0 Å². The molecule has 6 nitrogen and oxygen atoms in total. The summed E-state index contributed by atoms with van der Waals surface area (Å²) in [6, 6.07) is 12.0. The van der Waals surface area contributed by atoms with E-state index in [0.29, 0.717) is 18.0 Å². The first kappa shape index (κ1) is 21.9. The molecular weight excluding hydrogens is 410 g/mol. The Morgan fingerprint density at radius 1 is 1.00 bits per heavy atom. The summed E-state index contributed by atoms with van der Waals surface area (Å²) in [4.78, 5) is 4.95. The standard InChI is InChI=1S/C24H31N3O3S/c1-18(2)19-5-8-22(9-6-19)31(29,30)27-17-20(23-15-21(28)7-10-24(23)27)16-26-12-4-11-25(3)13-14-26/h5-10,15,17-18,28H,4,11-14,16H2,1-3H3. The van der Waals surface area contributed by atoms with Gasteiger partial charge in [0.2, 0.25) is 0 Å². The van der Waals surface area contributed by atoms with E-state index in [4.69, 9.17) is 0 Å². The largest absolute Gasteiger partial charge is 0.508 e. The van der Waals surface area contributed by atoms with Gasteiger partial charge in [-0.15, -0.1) is 0 Å². The van der Waals surface area contributed by atoms with Crippen LogP contribution in [0.1, 0.15) is 37.3 Å². The van der Waals surface area contributed by atoms with Gasteiger partial charge >= 0.3 is 0 Å². The van der Waals surface area contributed by atoms with Gasteiger partial charge in [-0.05, 0) is 73.9 Å². The Labute approximate surface area is 184 Å². The minimum atomic E-state index is -3.75. The van der Waals surface area contributed by atoms with Crippen LogP contribution >= 0.6 is 0 Å². The molecule has 166 valence electrons. The van der Waals surface area contributed by atoms with Gasteiger partial charge < -0.3 is 10.0 Å². The highest BCUT2D eigenvalue weighted by atomic mass is 32.2. The summed E-state index contributed by atoms with van der Waals surface area (Å²) < 4.78 is 28.4. The molecule has 0 unspecified atom stereocenters. The van der Waals surface area contributed by atoms with Gasteiger partial charge in [0.25, 0.3) is 10.0 Å². The molecule has 0 atom stereocenters. The molecule has 7 heteroatoms. The number of rotatable bonds is 5. The molecule has 4 rings (SSSR count). The average molecular weight is 442 g/mol. The molecule has 2 aromatic carbocycles. The number of phenols is 1. The monoisotopic (exact) mass is 441 g/mol. The molecule has 0 saturated carbocycles. The van der Waals surface area contributed by atoms with Crippen LogP contribution < -0.4 is 0 Å². The van der Waals surface area contributed by atoms with E-state index in [9.17, 15) is 13.5 Å². The van der Waals surface area contributed by atoms with Gasteiger partial charge in [-0.25, -0.2) is 12.4 Å². The van der Waals surface area contributed by atoms with Crippen LogP contribution in [0.3, 0.4) is 0 Å². The third kappa shape index (κ3) is 4.49. The van der Waals surface area contributed by atoms with E-state index in [2.05, 4.69) is 30.7 Å². The van der Waals surface area contributed by atoms with Crippen molar-refractivity contribution in [2.45, 2.75) is 37.6 Å². The topological polar surface area (TPSA) is 65.8 Å². The zero-order valence-corrected chi connectivity index (χ0v) is 19.3. The number of phenolic OH excluding ortho intramolecular Hbond substituents is 1. The fourth-order valence-electron chi connectivity index (χ4n) is 4.22. The summed E-state index contributed by atoms with van der Waals surface area (Å²) in [7, 11) is -1.62. The molecule has 1 saturated heterocycles. The Hall–Kier alpha value is -2.35. The maximum Gasteiger partial charge on any atom is 0.268 e. The molecule has 0 radical (unpaired) electrons. The fourth-order valence-corrected chi connectivity index (χ4v) is 5.61. The van der Waals surface area contributed by atoms with E-state index in [1.54, 1.807) is 36.5 Å². The molecule has 31 heavy (non-hydrogen) atoms. The lowest BCUT2D eigenvalue weighted by molar-refractivity contribution is 0.270. The van der Waals surface area contributed by atoms with Crippen molar-refractivity contribution in [3.05, 3.63) is 59.8 Å². The first-order valence-corrected chi connectivity index (χ1v) is 12.3. The summed E-state index contributed by atoms with van der Waals surface area (Å²) in [5.74, 6) is 0.479. The molecule has 0 amide bonds. The summed E-state index contributed by atoms with van der Waals surface area (Å²) in [6.07, 6.45) is 2.81. The highest BCUT2D eigenvalue weighted by molar-refractivity contribution is 7.90. The number of aromatic nitrogens is 1. The second-order valence-electron chi connectivity index (χ2n) is 8.81. The average Bonchev–Trinajstić information content (AvgIpc) is 2.96. The van der Waals surface area contributed by atoms with Gasteiger partial charge in [0.1, 0.15) is 5.75 Å². The smallest absolute Gasteiger partial charge is 0.268 e. The van der Waals surface area contributed by atoms with Crippen LogP contribution in [0.25, 0.3) is 10.9 Å². The van der Waals surface area contributed by atoms with Crippen molar-refractivity contribution in [1.82, 2.24) is 13.8 Å². The predicted molar refractivity (Wildman–Crippen MR) is 124 cm³/mol. The van der Waals surface area contributed by atoms with Gasteiger partial charge in [0.05, 0.1) is 10.4 Å². The van der Waals surface area contributed by atoms with Crippen LogP contribution in [-0.4, -0.2) is 60.5 Å². The van der Waals surface area contributed by atoms with Crippen molar-refractivity contribution in [3.8, 4) is 5.75 Å². The Bertz CT molecular complexity index is 1170. The third-order valence-electron chi connectivity index (χ3n) is 6.15. The lowest BCUT2D eigenvalue weighted by Gasteiger charge is -2.19. The van der Waals surface area contributed by atoms with E-state index >= 15 is 0 Å². The van der Waals surface area contributed by atoms with E-state index in [-0.39, 0.29) is 10.6 Å². The van der Waals surface area contributed by atoms with E-state index < -0.39 is 10.0 Å². The molecule has 2 heterocycles. The Balaban J connectivity index is 1.74. The van der Waals surface area contributed by atoms with Crippen LogP contribution in [-0.2, 0) is 16.6 Å². The number of fused-ring (bicyclic) bond motifs is 1. The second-order valence-corrected chi connectivity index (χ2v) is 10.6. The molecular formula is C24H31N3O3S. The molecule has 1 fully saturated rings. The summed E-state index contributed by atoms with van der Waals surface area (Å²) in [6.45, 7) is 8.79. The number of hydrogen-bond donors (Lipinski definition) is 1. The summed E-state index contributed by atoms with van der Waals surface area (Å²) in [5.41, 5.74) is 2.61. The van der Waals surface area contributed by atoms with Crippen LogP contribution in [0.2, 0.25) is 0 Å². The Kier molecular flexibility index (Phi) is 6.10. The molecule has 0 bridgehead atoms. The number of aromatic hydroxyl groups is 1. The molecule has 0 aliphatic carbocycles. The van der Waals surface area contributed by atoms with Crippen LogP contribution in [0.5, 0.6) is 5.75 Å². The van der Waals surface area contributed by atoms with Gasteiger partial charge in [-0.3, -0.25) is 4.90 Å². The maximum atomic E-state index is 13.5. The molecule has 0 spiro atoms. The highest BCUT2D eigenvalue weighted by Crippen LogP contribution is 2.30. The van der Waals surface area contributed by atoms with Crippen molar-refractivity contribution in [1.29, 1.82) is 0 Å². The maximum absolute atomic E-state index is 13.5. The van der Waals surface area contributed by atoms with Gasteiger partial charge in [0, 0.05) is 31.2 Å². The number of nitrogens with zero attached hydrogens (tertiary/aromatic N) is 3. The third-order valence-corrected chi connectivity index (χ3v) is 7.83. The highest BCUT2D eigenvalue weighted by Gasteiger charge is 2.23. The number of benzene rings is 2. The van der Waals surface area contributed by atoms with Gasteiger partial charge in [-0.1, -0.05) is 26.0 Å². The zero-order chi connectivity index (χ0) is 22.2. The Morgan fingerprint density at radius 3 is 2.45 bits per heavy atom. The summed E-state index contributed by atoms with van der Waals surface area (Å²) >= 11 is 0. The first-order chi connectivity index (χ1) is 14.8. The van der Waals surface area contributed by atoms with Crippen molar-refractivity contribution in [3.63, 3.8) is 0 Å². The van der Waals surface area contributed by atoms with E-state index in [0.717, 1.165) is 49.1 Å². The SMILES string of the molecule is CC(C)c1ccc(S(=O)(=O)n2cc(CN3CCCN(C)CC3)c3cc(O)ccc32)cc1. The fraction of sp³-hybridized carbons (Fsp3) is 0.417. The number of hydrogen-bond acceptors (Lipinski definition) is 5. The van der Waals surface area contributed by atoms with Crippen molar-refractivity contribution >= 4 is 20.9 Å². The summed E-state index contributed by atoms with van der Waals surface area (Å²) in [5, 5.41) is 10.9. The van der Waals surface area contributed by atoms with Crippen molar-refractivity contribution in [2.75, 3.05) is 33.2 Å². The second kappa shape index (κ2) is 8.65. The van der Waals surface area contributed by atoms with Crippen LogP contribution in [0.4, 0.5) is 0 Å². The lowest BCUT2D eigenvalue weighted by atomic mass is 10.0. The zero-order valence-electron chi connectivity index (χ0n) is 18.5. The van der Waals surface area contributed by atoms with E-state index in [1.165, 1.54) is 3.97 Å². The Morgan fingerprint density at radius 2 is 1.74 bits per heavy atom. The van der Waals surface area contributed by atoms with Crippen LogP contribution in [0, 0.1) is 0 Å². The first-order valence-electron chi connectivity index (χ1n) is 10.8. The van der Waals surface area contributed by atoms with Crippen LogP contribution in [0.15, 0.2) is 53.6 Å². The predicted octanol–water partition coefficient (Wildman–Crippen LogP) is 3.84. The van der Waals surface area contributed by atoms with E-state index in [1.807, 2.05) is 12.1 Å². The van der Waals surface area contributed by atoms with Crippen molar-refractivity contribution in [2.24, 2.45) is 0 Å². The lowest BCUT2D eigenvalue weighted by Crippen LogP contribution is -2.28. The van der Waals surface area contributed by atoms with Gasteiger partial charge in [0.15, 0.2) is 0 Å². The molecule has 3 aromatic rings. The quantitative estimate of drug-likeness (QED) is 0.652. The van der Waals surface area contributed by atoms with Crippen molar-refractivity contribution < 1.29 is 13.5 Å². The number of likely N-dealkylation sites (N-methyl/N-ethyl adjacent to an activating group) is 1. The molecule has 1 aromatic heterocycles. The minimum Gasteiger partial charge on any atom is -0.508 e. The molecule has 1 N–H and O–H groups in total. The molecule has 1 aliphatic heterocycles.